The van der Waals surface area contributed by atoms with Crippen LogP contribution >= 0.6 is 0 Å². The molecule has 2 rings (SSSR count). The van der Waals surface area contributed by atoms with Crippen molar-refractivity contribution >= 4 is 0 Å². The van der Waals surface area contributed by atoms with Crippen molar-refractivity contribution in [2.75, 3.05) is 0 Å². The second-order valence-electron chi connectivity index (χ2n) is 4.92. The molecule has 2 aliphatic rings. The summed E-state index contributed by atoms with van der Waals surface area (Å²) in [6.45, 7) is 4.59. The fourth-order valence-electron chi connectivity index (χ4n) is 2.36. The second kappa shape index (κ2) is 2.22. The molecule has 0 spiro atoms. The first kappa shape index (κ1) is 7.60. The Labute approximate surface area is 69.4 Å². The molecule has 0 saturated heterocycles. The van der Waals surface area contributed by atoms with Crippen LogP contribution in [0.1, 0.15) is 39.5 Å². The molecule has 1 heteroatoms. The third kappa shape index (κ3) is 1.31. The van der Waals surface area contributed by atoms with Crippen LogP contribution in [0.25, 0.3) is 0 Å². The fourth-order valence-corrected chi connectivity index (χ4v) is 2.36. The Hall–Kier alpha value is -0.0400. The highest BCUT2D eigenvalue weighted by atomic mass is 14.9. The van der Waals surface area contributed by atoms with Crippen molar-refractivity contribution in [3.05, 3.63) is 0 Å². The normalized spacial score (nSPS) is 43.1. The average molecular weight is 153 g/mol. The minimum absolute atomic E-state index is 0.310. The SMILES string of the molecule is CC(C)CC1CC1(N)C1CC1. The molecule has 0 bridgehead atoms. The van der Waals surface area contributed by atoms with Crippen LogP contribution < -0.4 is 5.73 Å². The van der Waals surface area contributed by atoms with Crippen molar-refractivity contribution in [2.45, 2.75) is 45.1 Å². The van der Waals surface area contributed by atoms with Crippen LogP contribution in [0.5, 0.6) is 0 Å². The lowest BCUT2D eigenvalue weighted by atomic mass is 10.0. The summed E-state index contributed by atoms with van der Waals surface area (Å²) < 4.78 is 0. The van der Waals surface area contributed by atoms with Gasteiger partial charge in [-0.2, -0.15) is 0 Å². The maximum atomic E-state index is 6.24. The van der Waals surface area contributed by atoms with E-state index in [2.05, 4.69) is 13.8 Å². The number of rotatable bonds is 3. The van der Waals surface area contributed by atoms with Crippen molar-refractivity contribution in [1.29, 1.82) is 0 Å². The van der Waals surface area contributed by atoms with Gasteiger partial charge >= 0.3 is 0 Å². The molecular formula is C10H19N. The zero-order valence-electron chi connectivity index (χ0n) is 7.64. The Morgan fingerprint density at radius 2 is 2.09 bits per heavy atom. The van der Waals surface area contributed by atoms with Gasteiger partial charge < -0.3 is 5.73 Å². The lowest BCUT2D eigenvalue weighted by Crippen LogP contribution is -2.27. The summed E-state index contributed by atoms with van der Waals surface area (Å²) in [5.41, 5.74) is 6.55. The van der Waals surface area contributed by atoms with E-state index >= 15 is 0 Å². The molecular weight excluding hydrogens is 134 g/mol. The molecule has 11 heavy (non-hydrogen) atoms. The Morgan fingerprint density at radius 3 is 2.55 bits per heavy atom. The predicted octanol–water partition coefficient (Wildman–Crippen LogP) is 2.16. The van der Waals surface area contributed by atoms with Gasteiger partial charge in [0.2, 0.25) is 0 Å². The van der Waals surface area contributed by atoms with Gasteiger partial charge in [-0.05, 0) is 43.4 Å². The molecule has 2 fully saturated rings. The molecule has 0 aromatic rings. The Bertz CT molecular complexity index is 160. The van der Waals surface area contributed by atoms with Crippen molar-refractivity contribution in [2.24, 2.45) is 23.5 Å². The first-order valence-corrected chi connectivity index (χ1v) is 4.92. The molecule has 0 aromatic carbocycles. The third-order valence-corrected chi connectivity index (χ3v) is 3.29. The monoisotopic (exact) mass is 153 g/mol. The summed E-state index contributed by atoms with van der Waals surface area (Å²) in [5.74, 6) is 2.62. The third-order valence-electron chi connectivity index (χ3n) is 3.29. The van der Waals surface area contributed by atoms with Gasteiger partial charge in [0.15, 0.2) is 0 Å². The van der Waals surface area contributed by atoms with Gasteiger partial charge in [0.1, 0.15) is 0 Å². The Kier molecular flexibility index (Phi) is 1.54. The van der Waals surface area contributed by atoms with Crippen LogP contribution in [0.2, 0.25) is 0 Å². The molecule has 0 aromatic heterocycles. The Balaban J connectivity index is 1.83. The van der Waals surface area contributed by atoms with Gasteiger partial charge in [0, 0.05) is 5.54 Å². The second-order valence-corrected chi connectivity index (χ2v) is 4.92. The van der Waals surface area contributed by atoms with Gasteiger partial charge in [-0.1, -0.05) is 13.8 Å². The highest BCUT2D eigenvalue weighted by molar-refractivity contribution is 5.15. The largest absolute Gasteiger partial charge is 0.325 e. The summed E-state index contributed by atoms with van der Waals surface area (Å²) in [6, 6.07) is 0. The molecule has 1 nitrogen and oxygen atoms in total. The van der Waals surface area contributed by atoms with Crippen LogP contribution in [0.3, 0.4) is 0 Å². The summed E-state index contributed by atoms with van der Waals surface area (Å²) in [7, 11) is 0. The zero-order valence-corrected chi connectivity index (χ0v) is 7.64. The Morgan fingerprint density at radius 1 is 1.45 bits per heavy atom. The summed E-state index contributed by atoms with van der Waals surface area (Å²) in [4.78, 5) is 0. The smallest absolute Gasteiger partial charge is 0.0215 e. The maximum Gasteiger partial charge on any atom is 0.0215 e. The predicted molar refractivity (Wildman–Crippen MR) is 47.2 cm³/mol. The van der Waals surface area contributed by atoms with Crippen molar-refractivity contribution < 1.29 is 0 Å². The molecule has 0 heterocycles. The highest BCUT2D eigenvalue weighted by Gasteiger charge is 2.58. The fraction of sp³-hybridized carbons (Fsp3) is 1.00. The van der Waals surface area contributed by atoms with E-state index in [1.807, 2.05) is 0 Å². The molecule has 0 aliphatic heterocycles. The molecule has 0 amide bonds. The molecule has 2 unspecified atom stereocenters. The molecule has 0 radical (unpaired) electrons. The topological polar surface area (TPSA) is 26.0 Å². The zero-order chi connectivity index (χ0) is 8.06. The van der Waals surface area contributed by atoms with E-state index in [9.17, 15) is 0 Å². The van der Waals surface area contributed by atoms with E-state index in [-0.39, 0.29) is 0 Å². The van der Waals surface area contributed by atoms with Gasteiger partial charge in [-0.15, -0.1) is 0 Å². The van der Waals surface area contributed by atoms with Crippen LogP contribution in [0.4, 0.5) is 0 Å². The lowest BCUT2D eigenvalue weighted by molar-refractivity contribution is 0.454. The van der Waals surface area contributed by atoms with Gasteiger partial charge in [-0.25, -0.2) is 0 Å². The summed E-state index contributed by atoms with van der Waals surface area (Å²) >= 11 is 0. The van der Waals surface area contributed by atoms with Crippen LogP contribution in [0, 0.1) is 17.8 Å². The summed E-state index contributed by atoms with van der Waals surface area (Å²) in [5, 5.41) is 0. The van der Waals surface area contributed by atoms with Gasteiger partial charge in [0.25, 0.3) is 0 Å². The van der Waals surface area contributed by atoms with E-state index < -0.39 is 0 Å². The number of hydrogen-bond acceptors (Lipinski definition) is 1. The van der Waals surface area contributed by atoms with E-state index in [0.717, 1.165) is 17.8 Å². The van der Waals surface area contributed by atoms with E-state index in [0.29, 0.717) is 5.54 Å². The average Bonchev–Trinajstić information content (AvgIpc) is 2.66. The first-order valence-electron chi connectivity index (χ1n) is 4.92. The van der Waals surface area contributed by atoms with Crippen LogP contribution in [0.15, 0.2) is 0 Å². The molecule has 2 aliphatic carbocycles. The first-order chi connectivity index (χ1) is 5.13. The maximum absolute atomic E-state index is 6.24. The van der Waals surface area contributed by atoms with Gasteiger partial charge in [-0.3, -0.25) is 0 Å². The lowest BCUT2D eigenvalue weighted by Gasteiger charge is -2.10. The molecule has 2 atom stereocenters. The standard InChI is InChI=1S/C10H19N/c1-7(2)5-9-6-10(9,11)8-3-4-8/h7-9H,3-6,11H2,1-2H3. The van der Waals surface area contributed by atoms with Gasteiger partial charge in [0.05, 0.1) is 0 Å². The van der Waals surface area contributed by atoms with E-state index in [1.54, 1.807) is 0 Å². The minimum atomic E-state index is 0.310. The highest BCUT2D eigenvalue weighted by Crippen LogP contribution is 2.58. The van der Waals surface area contributed by atoms with Crippen LogP contribution in [-0.4, -0.2) is 5.54 Å². The minimum Gasteiger partial charge on any atom is -0.325 e. The quantitative estimate of drug-likeness (QED) is 0.660. The summed E-state index contributed by atoms with van der Waals surface area (Å²) in [6.07, 6.45) is 5.49. The van der Waals surface area contributed by atoms with Crippen molar-refractivity contribution in [1.82, 2.24) is 0 Å². The van der Waals surface area contributed by atoms with Crippen LogP contribution in [-0.2, 0) is 0 Å². The molecule has 2 N–H and O–H groups in total. The van der Waals surface area contributed by atoms with E-state index in [4.69, 9.17) is 5.73 Å². The van der Waals surface area contributed by atoms with Crippen molar-refractivity contribution in [3.8, 4) is 0 Å². The van der Waals surface area contributed by atoms with Crippen molar-refractivity contribution in [3.63, 3.8) is 0 Å². The molecule has 64 valence electrons. The van der Waals surface area contributed by atoms with E-state index in [1.165, 1.54) is 25.7 Å². The number of nitrogens with two attached hydrogens (primary N) is 1. The number of hydrogen-bond donors (Lipinski definition) is 1. The molecule has 2 saturated carbocycles.